The summed E-state index contributed by atoms with van der Waals surface area (Å²) in [7, 11) is 1.83. The molecule has 122 valence electrons. The lowest BCUT2D eigenvalue weighted by atomic mass is 10.2. The predicted octanol–water partition coefficient (Wildman–Crippen LogP) is 1.51. The van der Waals surface area contributed by atoms with Crippen molar-refractivity contribution >= 4 is 5.91 Å². The predicted molar refractivity (Wildman–Crippen MR) is 83.5 cm³/mol. The van der Waals surface area contributed by atoms with Crippen LogP contribution in [0.15, 0.2) is 30.3 Å². The molecule has 0 radical (unpaired) electrons. The van der Waals surface area contributed by atoms with E-state index in [1.54, 1.807) is 4.90 Å². The highest BCUT2D eigenvalue weighted by molar-refractivity contribution is 5.75. The number of benzene rings is 1. The first kappa shape index (κ1) is 15.5. The first-order valence-corrected chi connectivity index (χ1v) is 7.83. The topological polar surface area (TPSA) is 73.1 Å². The molecule has 0 bridgehead atoms. The minimum atomic E-state index is -0.00247. The molecule has 1 aliphatic rings. The van der Waals surface area contributed by atoms with E-state index in [1.165, 1.54) is 17.6 Å². The summed E-state index contributed by atoms with van der Waals surface area (Å²) in [4.78, 5) is 15.3. The molecule has 1 aliphatic carbocycles. The third-order valence-electron chi connectivity index (χ3n) is 4.19. The minimum Gasteiger partial charge on any atom is -0.485 e. The smallest absolute Gasteiger partial charge is 0.246 e. The second-order valence-corrected chi connectivity index (χ2v) is 5.92. The number of tetrazole rings is 1. The van der Waals surface area contributed by atoms with Crippen LogP contribution in [0.2, 0.25) is 0 Å². The molecule has 0 saturated heterocycles. The number of likely N-dealkylation sites (N-methyl/N-ethyl adjacent to an activating group) is 1. The molecule has 7 nitrogen and oxygen atoms in total. The van der Waals surface area contributed by atoms with Crippen molar-refractivity contribution in [3.63, 3.8) is 0 Å². The lowest BCUT2D eigenvalue weighted by Gasteiger charge is -2.24. The van der Waals surface area contributed by atoms with Crippen LogP contribution in [0.3, 0.4) is 0 Å². The Morgan fingerprint density at radius 2 is 2.13 bits per heavy atom. The number of nitrogens with zero attached hydrogens (tertiary/aromatic N) is 5. The first-order chi connectivity index (χ1) is 11.1. The van der Waals surface area contributed by atoms with Crippen molar-refractivity contribution in [2.24, 2.45) is 5.92 Å². The van der Waals surface area contributed by atoms with Gasteiger partial charge in [0.05, 0.1) is 0 Å². The molecule has 23 heavy (non-hydrogen) atoms. The van der Waals surface area contributed by atoms with E-state index in [-0.39, 0.29) is 25.1 Å². The molecule has 1 aromatic carbocycles. The van der Waals surface area contributed by atoms with Crippen LogP contribution in [0.5, 0.6) is 5.75 Å². The average molecular weight is 315 g/mol. The quantitative estimate of drug-likeness (QED) is 0.774. The van der Waals surface area contributed by atoms with Gasteiger partial charge in [-0.15, -0.1) is 10.2 Å². The van der Waals surface area contributed by atoms with Crippen LogP contribution in [0.25, 0.3) is 0 Å². The molecule has 2 aromatic rings. The zero-order valence-electron chi connectivity index (χ0n) is 13.4. The van der Waals surface area contributed by atoms with Gasteiger partial charge < -0.3 is 9.64 Å². The Morgan fingerprint density at radius 3 is 2.83 bits per heavy atom. The maximum atomic E-state index is 12.2. The van der Waals surface area contributed by atoms with Gasteiger partial charge in [0.25, 0.3) is 0 Å². The van der Waals surface area contributed by atoms with Gasteiger partial charge in [-0.25, -0.2) is 0 Å². The number of carbonyl (C=O) groups is 1. The average Bonchev–Trinajstić information content (AvgIpc) is 3.33. The summed E-state index contributed by atoms with van der Waals surface area (Å²) in [6.07, 6.45) is 2.42. The standard InChI is InChI=1S/C16H21N5O2/c1-12(13-8-9-13)20(2)16(22)10-21-18-15(17-19-21)11-23-14-6-4-3-5-7-14/h3-7,12-13H,8-11H2,1-2H3. The van der Waals surface area contributed by atoms with Crippen molar-refractivity contribution in [1.29, 1.82) is 0 Å². The fourth-order valence-electron chi connectivity index (χ4n) is 2.42. The summed E-state index contributed by atoms with van der Waals surface area (Å²) in [5.41, 5.74) is 0. The minimum absolute atomic E-state index is 0.00247. The van der Waals surface area contributed by atoms with Gasteiger partial charge in [0.15, 0.2) is 6.61 Å². The van der Waals surface area contributed by atoms with Gasteiger partial charge in [-0.05, 0) is 43.0 Å². The van der Waals surface area contributed by atoms with Gasteiger partial charge in [-0.1, -0.05) is 18.2 Å². The van der Waals surface area contributed by atoms with Gasteiger partial charge in [-0.2, -0.15) is 4.80 Å². The molecule has 1 heterocycles. The van der Waals surface area contributed by atoms with Gasteiger partial charge in [-0.3, -0.25) is 4.79 Å². The van der Waals surface area contributed by atoms with Crippen LogP contribution in [-0.2, 0) is 17.9 Å². The summed E-state index contributed by atoms with van der Waals surface area (Å²) >= 11 is 0. The van der Waals surface area contributed by atoms with Gasteiger partial charge in [0.2, 0.25) is 11.7 Å². The Balaban J connectivity index is 1.51. The normalized spacial score (nSPS) is 15.2. The highest BCUT2D eigenvalue weighted by Crippen LogP contribution is 2.34. The Bertz CT molecular complexity index is 654. The van der Waals surface area contributed by atoms with Crippen molar-refractivity contribution in [2.75, 3.05) is 7.05 Å². The Hall–Kier alpha value is -2.44. The third-order valence-corrected chi connectivity index (χ3v) is 4.19. The molecule has 1 unspecified atom stereocenters. The summed E-state index contributed by atoms with van der Waals surface area (Å²) in [5.74, 6) is 1.84. The molecular weight excluding hydrogens is 294 g/mol. The second-order valence-electron chi connectivity index (χ2n) is 5.92. The van der Waals surface area contributed by atoms with Crippen LogP contribution in [-0.4, -0.2) is 44.1 Å². The highest BCUT2D eigenvalue weighted by Gasteiger charge is 2.32. The van der Waals surface area contributed by atoms with Crippen molar-refractivity contribution in [3.8, 4) is 5.75 Å². The van der Waals surface area contributed by atoms with E-state index in [4.69, 9.17) is 4.74 Å². The molecule has 0 spiro atoms. The van der Waals surface area contributed by atoms with E-state index < -0.39 is 0 Å². The maximum Gasteiger partial charge on any atom is 0.246 e. The number of carbonyl (C=O) groups excluding carboxylic acids is 1. The van der Waals surface area contributed by atoms with Crippen molar-refractivity contribution < 1.29 is 9.53 Å². The van der Waals surface area contributed by atoms with Crippen LogP contribution >= 0.6 is 0 Å². The molecule has 1 amide bonds. The third kappa shape index (κ3) is 4.06. The maximum absolute atomic E-state index is 12.2. The highest BCUT2D eigenvalue weighted by atomic mass is 16.5. The monoisotopic (exact) mass is 315 g/mol. The summed E-state index contributed by atoms with van der Waals surface area (Å²) in [6.45, 7) is 2.42. The Morgan fingerprint density at radius 1 is 1.39 bits per heavy atom. The molecule has 0 aliphatic heterocycles. The van der Waals surface area contributed by atoms with Crippen molar-refractivity contribution in [3.05, 3.63) is 36.2 Å². The zero-order chi connectivity index (χ0) is 16.2. The van der Waals surface area contributed by atoms with E-state index in [0.29, 0.717) is 11.7 Å². The van der Waals surface area contributed by atoms with E-state index >= 15 is 0 Å². The fourth-order valence-corrected chi connectivity index (χ4v) is 2.42. The van der Waals surface area contributed by atoms with Crippen molar-refractivity contribution in [2.45, 2.75) is 39.0 Å². The summed E-state index contributed by atoms with van der Waals surface area (Å²) < 4.78 is 5.56. The lowest BCUT2D eigenvalue weighted by Crippen LogP contribution is -2.38. The van der Waals surface area contributed by atoms with E-state index in [2.05, 4.69) is 22.3 Å². The number of amides is 1. The summed E-state index contributed by atoms with van der Waals surface area (Å²) in [6, 6.07) is 9.72. The largest absolute Gasteiger partial charge is 0.485 e. The fraction of sp³-hybridized carbons (Fsp3) is 0.500. The van der Waals surface area contributed by atoms with E-state index in [0.717, 1.165) is 5.75 Å². The molecule has 3 rings (SSSR count). The summed E-state index contributed by atoms with van der Waals surface area (Å²) in [5, 5.41) is 12.0. The van der Waals surface area contributed by atoms with Crippen LogP contribution in [0, 0.1) is 5.92 Å². The molecule has 0 N–H and O–H groups in total. The van der Waals surface area contributed by atoms with Gasteiger partial charge >= 0.3 is 0 Å². The molecule has 1 fully saturated rings. The van der Waals surface area contributed by atoms with Crippen LogP contribution in [0.1, 0.15) is 25.6 Å². The molecule has 7 heteroatoms. The van der Waals surface area contributed by atoms with Crippen molar-refractivity contribution in [1.82, 2.24) is 25.1 Å². The number of rotatable bonds is 7. The number of ether oxygens (including phenoxy) is 1. The van der Waals surface area contributed by atoms with Crippen LogP contribution in [0.4, 0.5) is 0 Å². The van der Waals surface area contributed by atoms with Crippen LogP contribution < -0.4 is 4.74 Å². The first-order valence-electron chi connectivity index (χ1n) is 7.83. The zero-order valence-corrected chi connectivity index (χ0v) is 13.4. The SMILES string of the molecule is CC(C1CC1)N(C)C(=O)Cn1nnc(COc2ccccc2)n1. The molecule has 1 saturated carbocycles. The van der Waals surface area contributed by atoms with E-state index in [1.807, 2.05) is 37.4 Å². The number of hydrogen-bond acceptors (Lipinski definition) is 5. The van der Waals surface area contributed by atoms with E-state index in [9.17, 15) is 4.79 Å². The molecule has 1 aromatic heterocycles. The number of aromatic nitrogens is 4. The number of hydrogen-bond donors (Lipinski definition) is 0. The van der Waals surface area contributed by atoms with Gasteiger partial charge in [0, 0.05) is 13.1 Å². The Kier molecular flexibility index (Phi) is 4.55. The second kappa shape index (κ2) is 6.76. The van der Waals surface area contributed by atoms with Gasteiger partial charge in [0.1, 0.15) is 12.3 Å². The lowest BCUT2D eigenvalue weighted by molar-refractivity contribution is -0.133. The Labute approximate surface area is 135 Å². The molecular formula is C16H21N5O2. The molecule has 1 atom stereocenters. The number of para-hydroxylation sites is 1.